The number of aliphatic hydroxyl groups excluding tert-OH is 2. The first-order valence-corrected chi connectivity index (χ1v) is 39.8. The van der Waals surface area contributed by atoms with Crippen LogP contribution in [0.1, 0.15) is 470 Å². The summed E-state index contributed by atoms with van der Waals surface area (Å²) in [5.41, 5.74) is 0. The van der Waals surface area contributed by atoms with Crippen molar-refractivity contribution in [1.29, 1.82) is 0 Å². The van der Waals surface area contributed by atoms with Crippen LogP contribution in [0.4, 0.5) is 0 Å². The molecule has 1 amide bonds. The fourth-order valence-electron chi connectivity index (χ4n) is 13.1. The first kappa shape index (κ1) is 83.9. The number of nitrogens with one attached hydrogen (secondary N) is 1. The third kappa shape index (κ3) is 71.8. The molecule has 0 spiro atoms. The minimum absolute atomic E-state index is 0.0223. The zero-order valence-corrected chi connectivity index (χ0v) is 58.4. The number of amides is 1. The number of rotatable bonds is 76. The third-order valence-corrected chi connectivity index (χ3v) is 19.2. The summed E-state index contributed by atoms with van der Waals surface area (Å²) in [6.07, 6.45) is 93.4. The maximum atomic E-state index is 12.6. The molecule has 0 fully saturated rings. The second-order valence-electron chi connectivity index (χ2n) is 27.8. The molecular formula is C79H157NO5. The zero-order valence-electron chi connectivity index (χ0n) is 58.4. The number of esters is 1. The van der Waals surface area contributed by atoms with Crippen molar-refractivity contribution in [2.75, 3.05) is 13.2 Å². The van der Waals surface area contributed by atoms with Crippen molar-refractivity contribution >= 4 is 11.9 Å². The van der Waals surface area contributed by atoms with Crippen LogP contribution in [-0.4, -0.2) is 47.4 Å². The number of carbonyl (C=O) groups is 2. The van der Waals surface area contributed by atoms with E-state index >= 15 is 0 Å². The summed E-state index contributed by atoms with van der Waals surface area (Å²) in [6.45, 7) is 5.01. The summed E-state index contributed by atoms with van der Waals surface area (Å²) in [6, 6.07) is -0.538. The Morgan fingerprint density at radius 3 is 0.718 bits per heavy atom. The number of ether oxygens (including phenoxy) is 1. The van der Waals surface area contributed by atoms with Crippen LogP contribution >= 0.6 is 0 Å². The fraction of sp³-hybridized carbons (Fsp3) is 0.975. The number of carbonyl (C=O) groups excluding carboxylic acids is 2. The maximum Gasteiger partial charge on any atom is 0.305 e. The predicted molar refractivity (Wildman–Crippen MR) is 375 cm³/mol. The van der Waals surface area contributed by atoms with E-state index in [1.54, 1.807) is 0 Å². The lowest BCUT2D eigenvalue weighted by Gasteiger charge is -2.22. The lowest BCUT2D eigenvalue weighted by Crippen LogP contribution is -2.45. The molecule has 2 atom stereocenters. The van der Waals surface area contributed by atoms with Gasteiger partial charge in [-0.25, -0.2) is 0 Å². The summed E-state index contributed by atoms with van der Waals surface area (Å²) in [7, 11) is 0. The van der Waals surface area contributed by atoms with Gasteiger partial charge < -0.3 is 20.3 Å². The Labute approximate surface area is 534 Å². The highest BCUT2D eigenvalue weighted by molar-refractivity contribution is 5.76. The molecule has 0 aliphatic carbocycles. The second-order valence-corrected chi connectivity index (χ2v) is 27.8. The van der Waals surface area contributed by atoms with E-state index < -0.39 is 12.1 Å². The molecule has 0 aliphatic heterocycles. The van der Waals surface area contributed by atoms with Gasteiger partial charge in [0.1, 0.15) is 0 Å². The molecule has 508 valence electrons. The van der Waals surface area contributed by atoms with Crippen LogP contribution in [0.2, 0.25) is 0 Å². The van der Waals surface area contributed by atoms with Crippen molar-refractivity contribution in [3.63, 3.8) is 0 Å². The first-order chi connectivity index (χ1) is 42.0. The van der Waals surface area contributed by atoms with Crippen molar-refractivity contribution in [1.82, 2.24) is 5.32 Å². The van der Waals surface area contributed by atoms with Gasteiger partial charge in [0.2, 0.25) is 5.91 Å². The van der Waals surface area contributed by atoms with Gasteiger partial charge >= 0.3 is 5.97 Å². The summed E-state index contributed by atoms with van der Waals surface area (Å²) < 4.78 is 5.48. The summed E-state index contributed by atoms with van der Waals surface area (Å²) in [5, 5.41) is 23.5. The summed E-state index contributed by atoms with van der Waals surface area (Å²) >= 11 is 0. The van der Waals surface area contributed by atoms with Crippen molar-refractivity contribution in [2.45, 2.75) is 482 Å². The van der Waals surface area contributed by atoms with E-state index in [2.05, 4.69) is 19.2 Å². The Bertz CT molecular complexity index is 1240. The van der Waals surface area contributed by atoms with Gasteiger partial charge in [-0.15, -0.1) is 0 Å². The Morgan fingerprint density at radius 1 is 0.282 bits per heavy atom. The van der Waals surface area contributed by atoms with Gasteiger partial charge in [-0.1, -0.05) is 431 Å². The van der Waals surface area contributed by atoms with Gasteiger partial charge in [-0.05, 0) is 25.7 Å². The van der Waals surface area contributed by atoms with Crippen LogP contribution in [0, 0.1) is 0 Å². The summed E-state index contributed by atoms with van der Waals surface area (Å²) in [4.78, 5) is 24.6. The number of hydrogen-bond acceptors (Lipinski definition) is 5. The molecule has 0 bridgehead atoms. The molecule has 85 heavy (non-hydrogen) atoms. The molecule has 0 rings (SSSR count). The van der Waals surface area contributed by atoms with Crippen molar-refractivity contribution in [2.24, 2.45) is 0 Å². The van der Waals surface area contributed by atoms with E-state index in [1.165, 1.54) is 398 Å². The molecular weight excluding hydrogens is 1040 g/mol. The smallest absolute Gasteiger partial charge is 0.305 e. The molecule has 3 N–H and O–H groups in total. The fourth-order valence-corrected chi connectivity index (χ4v) is 13.1. The Kier molecular flexibility index (Phi) is 74.3. The molecule has 0 radical (unpaired) electrons. The monoisotopic (exact) mass is 1200 g/mol. The van der Waals surface area contributed by atoms with Gasteiger partial charge in [0.25, 0.3) is 0 Å². The van der Waals surface area contributed by atoms with Crippen LogP contribution in [0.5, 0.6) is 0 Å². The van der Waals surface area contributed by atoms with Crippen LogP contribution in [-0.2, 0) is 14.3 Å². The highest BCUT2D eigenvalue weighted by Crippen LogP contribution is 2.21. The van der Waals surface area contributed by atoms with E-state index in [4.69, 9.17) is 4.74 Å². The number of aliphatic hydroxyl groups is 2. The van der Waals surface area contributed by atoms with Crippen LogP contribution < -0.4 is 5.32 Å². The third-order valence-electron chi connectivity index (χ3n) is 19.2. The molecule has 0 aliphatic rings. The molecule has 0 saturated heterocycles. The van der Waals surface area contributed by atoms with Crippen LogP contribution in [0.25, 0.3) is 0 Å². The van der Waals surface area contributed by atoms with Gasteiger partial charge in [-0.2, -0.15) is 0 Å². The lowest BCUT2D eigenvalue weighted by atomic mass is 10.0. The molecule has 0 aromatic carbocycles. The molecule has 0 saturated carbocycles. The van der Waals surface area contributed by atoms with Crippen LogP contribution in [0.3, 0.4) is 0 Å². The highest BCUT2D eigenvalue weighted by Gasteiger charge is 2.20. The number of unbranched alkanes of at least 4 members (excludes halogenated alkanes) is 65. The van der Waals surface area contributed by atoms with E-state index in [0.29, 0.717) is 25.9 Å². The van der Waals surface area contributed by atoms with E-state index in [-0.39, 0.29) is 18.5 Å². The quantitative estimate of drug-likeness (QED) is 0.0417. The lowest BCUT2D eigenvalue weighted by molar-refractivity contribution is -0.143. The van der Waals surface area contributed by atoms with Gasteiger partial charge in [0.05, 0.1) is 25.4 Å². The van der Waals surface area contributed by atoms with Crippen molar-refractivity contribution < 1.29 is 24.5 Å². The van der Waals surface area contributed by atoms with Gasteiger partial charge in [-0.3, -0.25) is 9.59 Å². The second kappa shape index (κ2) is 75.3. The molecule has 0 aromatic heterocycles. The largest absolute Gasteiger partial charge is 0.466 e. The van der Waals surface area contributed by atoms with Crippen molar-refractivity contribution in [3.05, 3.63) is 0 Å². The van der Waals surface area contributed by atoms with E-state index in [1.807, 2.05) is 0 Å². The molecule has 0 heterocycles. The van der Waals surface area contributed by atoms with Crippen molar-refractivity contribution in [3.8, 4) is 0 Å². The minimum Gasteiger partial charge on any atom is -0.466 e. The Balaban J connectivity index is 3.32. The summed E-state index contributed by atoms with van der Waals surface area (Å²) in [5.74, 6) is -0.00133. The van der Waals surface area contributed by atoms with Gasteiger partial charge in [0, 0.05) is 12.8 Å². The zero-order chi connectivity index (χ0) is 61.3. The topological polar surface area (TPSA) is 95.9 Å². The van der Waals surface area contributed by atoms with Crippen LogP contribution in [0.15, 0.2) is 0 Å². The molecule has 6 nitrogen and oxygen atoms in total. The average Bonchev–Trinajstić information content (AvgIpc) is 3.55. The normalized spacial score (nSPS) is 12.4. The highest BCUT2D eigenvalue weighted by atomic mass is 16.5. The standard InChI is InChI=1S/C79H157NO5/c1-3-5-7-9-11-13-15-16-17-18-19-20-21-30-33-36-39-42-45-48-52-55-59-63-67-71-77(82)76(75-81)80-78(83)72-68-64-60-56-53-49-46-43-40-37-34-31-28-26-24-22-23-25-27-29-32-35-38-41-44-47-50-54-58-62-66-70-74-85-79(84)73-69-65-61-57-51-14-12-10-8-6-4-2/h76-77,81-82H,3-75H2,1-2H3,(H,80,83). The van der Waals surface area contributed by atoms with E-state index in [0.717, 1.165) is 38.5 Å². The molecule has 6 heteroatoms. The van der Waals surface area contributed by atoms with Gasteiger partial charge in [0.15, 0.2) is 0 Å². The Hall–Kier alpha value is -1.14. The average molecular weight is 1200 g/mol. The number of hydrogen-bond donors (Lipinski definition) is 3. The minimum atomic E-state index is -0.662. The Morgan fingerprint density at radius 2 is 0.482 bits per heavy atom. The van der Waals surface area contributed by atoms with E-state index in [9.17, 15) is 19.8 Å². The SMILES string of the molecule is CCCCCCCCCCCCCCCCCCCCCCCCCCCC(O)C(CO)NC(=O)CCCCCCCCCCCCCCCCCCCCCCCCCCCCCCCCCCOC(=O)CCCCCCCCCCCCC. The molecule has 0 aromatic rings. The first-order valence-electron chi connectivity index (χ1n) is 39.8. The molecule has 2 unspecified atom stereocenters. The maximum absolute atomic E-state index is 12.6. The predicted octanol–water partition coefficient (Wildman–Crippen LogP) is 26.1.